The molecule has 1 heterocycles. The quantitative estimate of drug-likeness (QED) is 0.562. The lowest BCUT2D eigenvalue weighted by Gasteiger charge is -2.33. The normalized spacial score (nSPS) is 17.3. The third-order valence-electron chi connectivity index (χ3n) is 4.97. The monoisotopic (exact) mass is 427 g/mol. The predicted molar refractivity (Wildman–Crippen MR) is 114 cm³/mol. The average molecular weight is 428 g/mol. The van der Waals surface area contributed by atoms with Crippen LogP contribution in [-0.4, -0.2) is 37.0 Å². The number of nitrogens with one attached hydrogen (secondary N) is 2. The predicted octanol–water partition coefficient (Wildman–Crippen LogP) is 3.75. The van der Waals surface area contributed by atoms with Crippen LogP contribution in [0.15, 0.2) is 65.9 Å². The van der Waals surface area contributed by atoms with Gasteiger partial charge in [-0.3, -0.25) is 4.79 Å². The summed E-state index contributed by atoms with van der Waals surface area (Å²) in [6, 6.07) is 14.9. The Morgan fingerprint density at radius 2 is 1.87 bits per heavy atom. The van der Waals surface area contributed by atoms with Crippen LogP contribution in [0.1, 0.15) is 29.5 Å². The summed E-state index contributed by atoms with van der Waals surface area (Å²) in [5.74, 6) is -0.920. The van der Waals surface area contributed by atoms with Crippen LogP contribution in [0.4, 0.5) is 10.5 Å². The fourth-order valence-corrected chi connectivity index (χ4v) is 3.43. The number of alkyl halides is 1. The zero-order valence-electron chi connectivity index (χ0n) is 16.8. The van der Waals surface area contributed by atoms with Crippen LogP contribution in [0.25, 0.3) is 0 Å². The Balaban J connectivity index is 1.88. The van der Waals surface area contributed by atoms with E-state index in [2.05, 4.69) is 10.6 Å². The number of hydrogen-bond donors (Lipinski definition) is 2. The molecule has 7 nitrogen and oxygen atoms in total. The number of urea groups is 1. The van der Waals surface area contributed by atoms with Crippen molar-refractivity contribution in [1.82, 2.24) is 10.2 Å². The molecule has 156 valence electrons. The second-order valence-electron chi connectivity index (χ2n) is 6.82. The molecule has 1 aliphatic rings. The number of methoxy groups -OCH3 is 1. The van der Waals surface area contributed by atoms with Crippen molar-refractivity contribution >= 4 is 35.2 Å². The van der Waals surface area contributed by atoms with Gasteiger partial charge >= 0.3 is 12.0 Å². The van der Waals surface area contributed by atoms with Gasteiger partial charge in [0.1, 0.15) is 5.38 Å². The summed E-state index contributed by atoms with van der Waals surface area (Å²) in [5.41, 5.74) is 2.62. The zero-order valence-corrected chi connectivity index (χ0v) is 17.6. The highest BCUT2D eigenvalue weighted by atomic mass is 35.5. The van der Waals surface area contributed by atoms with Gasteiger partial charge in [-0.1, -0.05) is 42.5 Å². The molecule has 0 spiro atoms. The molecule has 0 saturated carbocycles. The molecule has 3 amide bonds. The van der Waals surface area contributed by atoms with E-state index in [0.717, 1.165) is 0 Å². The van der Waals surface area contributed by atoms with Gasteiger partial charge in [-0.05, 0) is 30.2 Å². The summed E-state index contributed by atoms with van der Waals surface area (Å²) in [6.07, 6.45) is 0. The van der Waals surface area contributed by atoms with Gasteiger partial charge in [0.15, 0.2) is 0 Å². The smallest absolute Gasteiger partial charge is 0.337 e. The van der Waals surface area contributed by atoms with Gasteiger partial charge in [0.05, 0.1) is 18.7 Å². The molecule has 0 radical (unpaired) electrons. The molecule has 0 saturated heterocycles. The largest absolute Gasteiger partial charge is 0.466 e. The lowest BCUT2D eigenvalue weighted by atomic mass is 9.94. The molecule has 0 aromatic heterocycles. The fourth-order valence-electron chi connectivity index (χ4n) is 3.23. The van der Waals surface area contributed by atoms with Crippen LogP contribution in [0.3, 0.4) is 0 Å². The first-order valence-corrected chi connectivity index (χ1v) is 9.70. The molecule has 2 N–H and O–H groups in total. The van der Waals surface area contributed by atoms with Crippen LogP contribution in [-0.2, 0) is 14.3 Å². The molecule has 8 heteroatoms. The third-order valence-corrected chi connectivity index (χ3v) is 5.42. The van der Waals surface area contributed by atoms with Gasteiger partial charge in [-0.15, -0.1) is 11.6 Å². The number of carbonyl (C=O) groups excluding carboxylic acids is 3. The number of anilines is 1. The molecule has 0 bridgehead atoms. The number of rotatable bonds is 5. The second kappa shape index (κ2) is 9.00. The van der Waals surface area contributed by atoms with E-state index in [-0.39, 0.29) is 11.9 Å². The minimum absolute atomic E-state index is 0.322. The van der Waals surface area contributed by atoms with E-state index in [1.165, 1.54) is 12.0 Å². The summed E-state index contributed by atoms with van der Waals surface area (Å²) in [6.45, 7) is 1.68. The van der Waals surface area contributed by atoms with E-state index in [1.807, 2.05) is 18.2 Å². The number of halogens is 1. The molecule has 2 unspecified atom stereocenters. The number of esters is 1. The maximum absolute atomic E-state index is 12.6. The van der Waals surface area contributed by atoms with Crippen LogP contribution >= 0.6 is 11.6 Å². The molecule has 1 aliphatic heterocycles. The van der Waals surface area contributed by atoms with E-state index in [1.54, 1.807) is 50.4 Å². The summed E-state index contributed by atoms with van der Waals surface area (Å²) < 4.78 is 4.91. The lowest BCUT2D eigenvalue weighted by molar-refractivity contribution is -0.136. The van der Waals surface area contributed by atoms with Crippen molar-refractivity contribution in [3.05, 3.63) is 77.0 Å². The van der Waals surface area contributed by atoms with Crippen molar-refractivity contribution < 1.29 is 19.1 Å². The Labute approximate surface area is 179 Å². The minimum Gasteiger partial charge on any atom is -0.466 e. The van der Waals surface area contributed by atoms with Crippen molar-refractivity contribution in [2.24, 2.45) is 0 Å². The first kappa shape index (κ1) is 21.4. The first-order chi connectivity index (χ1) is 14.3. The number of amides is 3. The highest BCUT2D eigenvalue weighted by molar-refractivity contribution is 6.32. The van der Waals surface area contributed by atoms with E-state index < -0.39 is 17.4 Å². The summed E-state index contributed by atoms with van der Waals surface area (Å²) in [7, 11) is 2.86. The zero-order chi connectivity index (χ0) is 21.8. The molecule has 2 atom stereocenters. The molecule has 30 heavy (non-hydrogen) atoms. The van der Waals surface area contributed by atoms with Gasteiger partial charge < -0.3 is 20.3 Å². The third kappa shape index (κ3) is 4.31. The average Bonchev–Trinajstić information content (AvgIpc) is 2.77. The number of ether oxygens (including phenoxy) is 1. The van der Waals surface area contributed by atoms with Gasteiger partial charge in [0.25, 0.3) is 0 Å². The highest BCUT2D eigenvalue weighted by Gasteiger charge is 2.34. The standard InChI is InChI=1S/C22H22ClN3O4/c1-13-17(21(28)30-3)19(25-22(29)26(13)2)15-10-7-11-16(12-15)24-20(27)18(23)14-8-5-4-6-9-14/h4-12,18-19H,1-3H3,(H,24,27)(H,25,29). The van der Waals surface area contributed by atoms with Gasteiger partial charge in [0, 0.05) is 18.4 Å². The summed E-state index contributed by atoms with van der Waals surface area (Å²) >= 11 is 6.29. The van der Waals surface area contributed by atoms with Crippen LogP contribution < -0.4 is 10.6 Å². The summed E-state index contributed by atoms with van der Waals surface area (Å²) in [5, 5.41) is 4.72. The van der Waals surface area contributed by atoms with E-state index in [9.17, 15) is 14.4 Å². The highest BCUT2D eigenvalue weighted by Crippen LogP contribution is 2.32. The minimum atomic E-state index is -0.856. The van der Waals surface area contributed by atoms with Gasteiger partial charge in [0.2, 0.25) is 5.91 Å². The maximum atomic E-state index is 12.6. The number of allylic oxidation sites excluding steroid dienone is 1. The Bertz CT molecular complexity index is 1010. The Morgan fingerprint density at radius 1 is 1.17 bits per heavy atom. The maximum Gasteiger partial charge on any atom is 0.337 e. The first-order valence-electron chi connectivity index (χ1n) is 9.26. The Kier molecular flexibility index (Phi) is 6.42. The SMILES string of the molecule is COC(=O)C1=C(C)N(C)C(=O)NC1c1cccc(NC(=O)C(Cl)c2ccccc2)c1. The fraction of sp³-hybridized carbons (Fsp3) is 0.227. The van der Waals surface area contributed by atoms with E-state index in [0.29, 0.717) is 28.1 Å². The van der Waals surface area contributed by atoms with Crippen molar-refractivity contribution in [2.75, 3.05) is 19.5 Å². The molecular formula is C22H22ClN3O4. The van der Waals surface area contributed by atoms with Gasteiger partial charge in [-0.25, -0.2) is 9.59 Å². The lowest BCUT2D eigenvalue weighted by Crippen LogP contribution is -2.46. The van der Waals surface area contributed by atoms with Crippen LogP contribution in [0, 0.1) is 0 Å². The molecule has 2 aromatic carbocycles. The molecular weight excluding hydrogens is 406 g/mol. The number of benzene rings is 2. The van der Waals surface area contributed by atoms with Crippen molar-refractivity contribution in [3.8, 4) is 0 Å². The Morgan fingerprint density at radius 3 is 2.53 bits per heavy atom. The van der Waals surface area contributed by atoms with Crippen LogP contribution in [0.5, 0.6) is 0 Å². The van der Waals surface area contributed by atoms with E-state index in [4.69, 9.17) is 16.3 Å². The van der Waals surface area contributed by atoms with Crippen molar-refractivity contribution in [1.29, 1.82) is 0 Å². The van der Waals surface area contributed by atoms with Crippen molar-refractivity contribution in [3.63, 3.8) is 0 Å². The second-order valence-corrected chi connectivity index (χ2v) is 7.26. The number of nitrogens with zero attached hydrogens (tertiary/aromatic N) is 1. The Hall–Kier alpha value is -3.32. The number of hydrogen-bond acceptors (Lipinski definition) is 4. The molecule has 3 rings (SSSR count). The molecule has 2 aromatic rings. The topological polar surface area (TPSA) is 87.7 Å². The number of carbonyl (C=O) groups is 3. The van der Waals surface area contributed by atoms with E-state index >= 15 is 0 Å². The van der Waals surface area contributed by atoms with Crippen LogP contribution in [0.2, 0.25) is 0 Å². The summed E-state index contributed by atoms with van der Waals surface area (Å²) in [4.78, 5) is 38.6. The molecule has 0 aliphatic carbocycles. The van der Waals surface area contributed by atoms with Crippen molar-refractivity contribution in [2.45, 2.75) is 18.3 Å². The van der Waals surface area contributed by atoms with Gasteiger partial charge in [-0.2, -0.15) is 0 Å². The molecule has 0 fully saturated rings.